The van der Waals surface area contributed by atoms with Crippen LogP contribution in [-0.4, -0.2) is 9.97 Å². The lowest BCUT2D eigenvalue weighted by Gasteiger charge is -2.22. The van der Waals surface area contributed by atoms with Crippen molar-refractivity contribution in [1.29, 1.82) is 0 Å². The molecule has 1 heterocycles. The van der Waals surface area contributed by atoms with Gasteiger partial charge in [-0.2, -0.15) is 0 Å². The van der Waals surface area contributed by atoms with Crippen molar-refractivity contribution in [3.05, 3.63) is 47.4 Å². The molecule has 2 N–H and O–H groups in total. The van der Waals surface area contributed by atoms with Gasteiger partial charge in [-0.15, -0.1) is 0 Å². The summed E-state index contributed by atoms with van der Waals surface area (Å²) in [4.78, 5) is 8.43. The first-order valence-corrected chi connectivity index (χ1v) is 6.70. The normalized spacial score (nSPS) is 11.4. The minimum atomic E-state index is 0.00760. The number of aromatic nitrogens is 2. The molecular formula is C16H21N3O. The Kier molecular flexibility index (Phi) is 4.04. The summed E-state index contributed by atoms with van der Waals surface area (Å²) in [6, 6.07) is 6.22. The number of rotatable bonds is 3. The summed E-state index contributed by atoms with van der Waals surface area (Å²) < 4.78 is 5.90. The molecule has 0 aliphatic heterocycles. The van der Waals surface area contributed by atoms with Gasteiger partial charge < -0.3 is 10.5 Å². The highest BCUT2D eigenvalue weighted by molar-refractivity contribution is 5.42. The second-order valence-corrected chi connectivity index (χ2v) is 5.90. The van der Waals surface area contributed by atoms with Crippen LogP contribution in [0.1, 0.15) is 37.6 Å². The van der Waals surface area contributed by atoms with E-state index in [9.17, 15) is 0 Å². The first kappa shape index (κ1) is 14.5. The van der Waals surface area contributed by atoms with Crippen molar-refractivity contribution in [1.82, 2.24) is 9.97 Å². The molecule has 1 aromatic carbocycles. The van der Waals surface area contributed by atoms with Gasteiger partial charge in [-0.25, -0.2) is 4.98 Å². The molecule has 0 aliphatic rings. The molecule has 1 aromatic heterocycles. The van der Waals surface area contributed by atoms with Gasteiger partial charge in [-0.1, -0.05) is 32.9 Å². The molecule has 106 valence electrons. The van der Waals surface area contributed by atoms with Gasteiger partial charge in [0.05, 0.1) is 18.1 Å². The first-order valence-electron chi connectivity index (χ1n) is 6.70. The fourth-order valence-corrected chi connectivity index (χ4v) is 1.95. The summed E-state index contributed by atoms with van der Waals surface area (Å²) in [5, 5.41) is 0. The van der Waals surface area contributed by atoms with Crippen LogP contribution in [0.15, 0.2) is 30.6 Å². The van der Waals surface area contributed by atoms with E-state index in [1.807, 2.05) is 13.0 Å². The van der Waals surface area contributed by atoms with Gasteiger partial charge in [0.2, 0.25) is 5.88 Å². The van der Waals surface area contributed by atoms with E-state index in [2.05, 4.69) is 42.9 Å². The molecule has 0 saturated heterocycles. The predicted molar refractivity (Wildman–Crippen MR) is 79.9 cm³/mol. The van der Waals surface area contributed by atoms with Crippen molar-refractivity contribution in [2.75, 3.05) is 0 Å². The molecule has 2 rings (SSSR count). The Hall–Kier alpha value is -1.94. The highest BCUT2D eigenvalue weighted by atomic mass is 16.5. The maximum atomic E-state index is 5.90. The lowest BCUT2D eigenvalue weighted by molar-refractivity contribution is 0.436. The van der Waals surface area contributed by atoms with Crippen molar-refractivity contribution in [3.63, 3.8) is 0 Å². The molecule has 4 nitrogen and oxygen atoms in total. The fraction of sp³-hybridized carbons (Fsp3) is 0.375. The standard InChI is InChI=1S/C16H21N3O/c1-11-5-6-13(16(2,3)4)14(7-11)20-15-10-18-12(8-17)9-19-15/h5-7,9-10H,8,17H2,1-4H3. The van der Waals surface area contributed by atoms with Gasteiger partial charge in [0.1, 0.15) is 5.75 Å². The molecule has 2 aromatic rings. The summed E-state index contributed by atoms with van der Waals surface area (Å²) in [6.07, 6.45) is 3.25. The van der Waals surface area contributed by atoms with E-state index in [4.69, 9.17) is 10.5 Å². The summed E-state index contributed by atoms with van der Waals surface area (Å²) >= 11 is 0. The maximum Gasteiger partial charge on any atom is 0.237 e. The molecule has 20 heavy (non-hydrogen) atoms. The Morgan fingerprint density at radius 1 is 1.15 bits per heavy atom. The highest BCUT2D eigenvalue weighted by Gasteiger charge is 2.19. The Morgan fingerprint density at radius 3 is 2.45 bits per heavy atom. The zero-order valence-electron chi connectivity index (χ0n) is 12.5. The van der Waals surface area contributed by atoms with Crippen LogP contribution in [0, 0.1) is 6.92 Å². The van der Waals surface area contributed by atoms with E-state index in [0.717, 1.165) is 22.6 Å². The molecule has 0 unspecified atom stereocenters. The summed E-state index contributed by atoms with van der Waals surface area (Å²) in [5.41, 5.74) is 8.56. The van der Waals surface area contributed by atoms with Gasteiger partial charge in [0.25, 0.3) is 0 Å². The third-order valence-electron chi connectivity index (χ3n) is 3.05. The average Bonchev–Trinajstić information content (AvgIpc) is 2.38. The molecule has 0 radical (unpaired) electrons. The van der Waals surface area contributed by atoms with Gasteiger partial charge in [0.15, 0.2) is 0 Å². The quantitative estimate of drug-likeness (QED) is 0.930. The minimum Gasteiger partial charge on any atom is -0.437 e. The maximum absolute atomic E-state index is 5.90. The summed E-state index contributed by atoms with van der Waals surface area (Å²) in [7, 11) is 0. The molecule has 0 atom stereocenters. The van der Waals surface area contributed by atoms with E-state index in [1.165, 1.54) is 0 Å². The summed E-state index contributed by atoms with van der Waals surface area (Å²) in [6.45, 7) is 8.91. The molecule has 0 saturated carbocycles. The molecule has 0 spiro atoms. The van der Waals surface area contributed by atoms with Crippen LogP contribution < -0.4 is 10.5 Å². The van der Waals surface area contributed by atoms with Crippen LogP contribution in [0.4, 0.5) is 0 Å². The van der Waals surface area contributed by atoms with Crippen LogP contribution >= 0.6 is 0 Å². The third-order valence-corrected chi connectivity index (χ3v) is 3.05. The molecule has 4 heteroatoms. The topological polar surface area (TPSA) is 61.0 Å². The highest BCUT2D eigenvalue weighted by Crippen LogP contribution is 2.34. The van der Waals surface area contributed by atoms with Gasteiger partial charge in [-0.3, -0.25) is 4.98 Å². The molecule has 0 fully saturated rings. The fourth-order valence-electron chi connectivity index (χ4n) is 1.95. The largest absolute Gasteiger partial charge is 0.437 e. The number of benzene rings is 1. The minimum absolute atomic E-state index is 0.00760. The smallest absolute Gasteiger partial charge is 0.237 e. The van der Waals surface area contributed by atoms with E-state index in [-0.39, 0.29) is 5.41 Å². The molecule has 0 amide bonds. The van der Waals surface area contributed by atoms with Crippen LogP contribution in [0.25, 0.3) is 0 Å². The number of hydrogen-bond donors (Lipinski definition) is 1. The van der Waals surface area contributed by atoms with Crippen molar-refractivity contribution >= 4 is 0 Å². The van der Waals surface area contributed by atoms with Crippen LogP contribution in [0.5, 0.6) is 11.6 Å². The zero-order valence-corrected chi connectivity index (χ0v) is 12.5. The Labute approximate surface area is 120 Å². The Bertz CT molecular complexity index is 586. The summed E-state index contributed by atoms with van der Waals surface area (Å²) in [5.74, 6) is 1.31. The number of nitrogens with two attached hydrogens (primary N) is 1. The average molecular weight is 271 g/mol. The molecular weight excluding hydrogens is 250 g/mol. The number of ether oxygens (including phenoxy) is 1. The van der Waals surface area contributed by atoms with Gasteiger partial charge >= 0.3 is 0 Å². The van der Waals surface area contributed by atoms with Crippen LogP contribution in [0.3, 0.4) is 0 Å². The van der Waals surface area contributed by atoms with Gasteiger partial charge in [0, 0.05) is 12.1 Å². The van der Waals surface area contributed by atoms with Gasteiger partial charge in [-0.05, 0) is 24.0 Å². The van der Waals surface area contributed by atoms with Crippen molar-refractivity contribution in [3.8, 4) is 11.6 Å². The van der Waals surface area contributed by atoms with E-state index in [0.29, 0.717) is 12.4 Å². The third kappa shape index (κ3) is 3.33. The first-order chi connectivity index (χ1) is 9.40. The lowest BCUT2D eigenvalue weighted by Crippen LogP contribution is -2.12. The van der Waals surface area contributed by atoms with Crippen molar-refractivity contribution < 1.29 is 4.74 Å². The van der Waals surface area contributed by atoms with E-state index in [1.54, 1.807) is 12.4 Å². The lowest BCUT2D eigenvalue weighted by atomic mass is 9.86. The Balaban J connectivity index is 2.34. The molecule has 0 aliphatic carbocycles. The number of nitrogens with zero attached hydrogens (tertiary/aromatic N) is 2. The second-order valence-electron chi connectivity index (χ2n) is 5.90. The van der Waals surface area contributed by atoms with Crippen molar-refractivity contribution in [2.45, 2.75) is 39.7 Å². The van der Waals surface area contributed by atoms with E-state index >= 15 is 0 Å². The zero-order chi connectivity index (χ0) is 14.8. The number of aryl methyl sites for hydroxylation is 1. The molecule has 0 bridgehead atoms. The van der Waals surface area contributed by atoms with Crippen LogP contribution in [0.2, 0.25) is 0 Å². The monoisotopic (exact) mass is 271 g/mol. The Morgan fingerprint density at radius 2 is 1.90 bits per heavy atom. The second kappa shape index (κ2) is 5.59. The van der Waals surface area contributed by atoms with Crippen molar-refractivity contribution in [2.24, 2.45) is 5.73 Å². The predicted octanol–water partition coefficient (Wildman–Crippen LogP) is 3.33. The van der Waals surface area contributed by atoms with Crippen LogP contribution in [-0.2, 0) is 12.0 Å². The SMILES string of the molecule is Cc1ccc(C(C)(C)C)c(Oc2cnc(CN)cn2)c1. The number of hydrogen-bond acceptors (Lipinski definition) is 4. The van der Waals surface area contributed by atoms with E-state index < -0.39 is 0 Å².